The van der Waals surface area contributed by atoms with Crippen molar-refractivity contribution < 1.29 is 15.0 Å². The molecule has 0 spiro atoms. The molecule has 1 aliphatic rings. The third-order valence-corrected chi connectivity index (χ3v) is 4.61. The average Bonchev–Trinajstić information content (AvgIpc) is 2.81. The van der Waals surface area contributed by atoms with Gasteiger partial charge in [0, 0.05) is 13.2 Å². The van der Waals surface area contributed by atoms with E-state index in [1.54, 1.807) is 37.5 Å². The van der Waals surface area contributed by atoms with E-state index in [2.05, 4.69) is 9.98 Å². The number of hydrogen-bond acceptors (Lipinski definition) is 6. The minimum Gasteiger partial charge on any atom is -0.504 e. The molecule has 0 aliphatic carbocycles. The Balaban J connectivity index is 1.93. The lowest BCUT2D eigenvalue weighted by Gasteiger charge is -2.07. The van der Waals surface area contributed by atoms with E-state index in [-0.39, 0.29) is 22.6 Å². The van der Waals surface area contributed by atoms with Crippen molar-refractivity contribution in [3.05, 3.63) is 52.2 Å². The number of aromatic hydroxyl groups is 2. The first-order valence-corrected chi connectivity index (χ1v) is 8.04. The number of carbonyl (C=O) groups is 1. The standard InChI is InChI=1S/C16H12ClN3O3S/c1-20-15(23)13(8-9-4-5-11(21)12(22)7-9)24-16(20)19-10-3-2-6-18-14(10)17/h2-8,21-22H,1H3/b13-8-,19-16?. The number of aromatic nitrogens is 1. The molecule has 2 heterocycles. The predicted octanol–water partition coefficient (Wildman–Crippen LogP) is 3.38. The van der Waals surface area contributed by atoms with Gasteiger partial charge in [-0.25, -0.2) is 9.98 Å². The Morgan fingerprint density at radius 2 is 2.08 bits per heavy atom. The molecule has 1 aliphatic heterocycles. The van der Waals surface area contributed by atoms with Gasteiger partial charge >= 0.3 is 0 Å². The number of phenols is 2. The van der Waals surface area contributed by atoms with E-state index in [4.69, 9.17) is 11.6 Å². The monoisotopic (exact) mass is 361 g/mol. The van der Waals surface area contributed by atoms with Crippen LogP contribution in [0.15, 0.2) is 46.4 Å². The molecule has 1 aromatic carbocycles. The minimum absolute atomic E-state index is 0.215. The smallest absolute Gasteiger partial charge is 0.266 e. The fraction of sp³-hybridized carbons (Fsp3) is 0.0625. The normalized spacial score (nSPS) is 17.9. The van der Waals surface area contributed by atoms with Gasteiger partial charge in [-0.1, -0.05) is 17.7 Å². The zero-order valence-electron chi connectivity index (χ0n) is 12.5. The lowest BCUT2D eigenvalue weighted by atomic mass is 10.2. The van der Waals surface area contributed by atoms with Crippen molar-refractivity contribution in [3.8, 4) is 11.5 Å². The molecule has 1 aromatic heterocycles. The van der Waals surface area contributed by atoms with Crippen LogP contribution in [0.1, 0.15) is 5.56 Å². The molecule has 1 fully saturated rings. The third-order valence-electron chi connectivity index (χ3n) is 3.26. The first kappa shape index (κ1) is 16.4. The Morgan fingerprint density at radius 3 is 2.79 bits per heavy atom. The number of nitrogens with zero attached hydrogens (tertiary/aromatic N) is 3. The second-order valence-electron chi connectivity index (χ2n) is 4.93. The largest absolute Gasteiger partial charge is 0.504 e. The summed E-state index contributed by atoms with van der Waals surface area (Å²) in [5.74, 6) is -0.677. The molecule has 24 heavy (non-hydrogen) atoms. The maximum atomic E-state index is 12.3. The van der Waals surface area contributed by atoms with Gasteiger partial charge in [0.2, 0.25) is 0 Å². The van der Waals surface area contributed by atoms with Gasteiger partial charge in [0.25, 0.3) is 5.91 Å². The number of thioether (sulfide) groups is 1. The van der Waals surface area contributed by atoms with Gasteiger partial charge < -0.3 is 10.2 Å². The van der Waals surface area contributed by atoms with Crippen molar-refractivity contribution in [1.82, 2.24) is 9.88 Å². The van der Waals surface area contributed by atoms with Crippen molar-refractivity contribution in [2.24, 2.45) is 4.99 Å². The zero-order valence-corrected chi connectivity index (χ0v) is 14.0. The number of hydrogen-bond donors (Lipinski definition) is 2. The second kappa shape index (κ2) is 6.54. The Bertz CT molecular complexity index is 883. The van der Waals surface area contributed by atoms with E-state index in [1.807, 2.05) is 0 Å². The highest BCUT2D eigenvalue weighted by Gasteiger charge is 2.30. The van der Waals surface area contributed by atoms with Crippen molar-refractivity contribution in [2.45, 2.75) is 0 Å². The van der Waals surface area contributed by atoms with Gasteiger partial charge in [0.1, 0.15) is 5.69 Å². The predicted molar refractivity (Wildman–Crippen MR) is 94.5 cm³/mol. The Labute approximate surface area is 147 Å². The molecule has 1 saturated heterocycles. The highest BCUT2D eigenvalue weighted by atomic mass is 35.5. The summed E-state index contributed by atoms with van der Waals surface area (Å²) >= 11 is 7.18. The zero-order chi connectivity index (χ0) is 17.3. The lowest BCUT2D eigenvalue weighted by molar-refractivity contribution is -0.121. The number of aliphatic imine (C=N–C) groups is 1. The second-order valence-corrected chi connectivity index (χ2v) is 6.30. The fourth-order valence-corrected chi connectivity index (χ4v) is 3.14. The van der Waals surface area contributed by atoms with Crippen LogP contribution in [-0.4, -0.2) is 38.2 Å². The van der Waals surface area contributed by atoms with Gasteiger partial charge in [-0.2, -0.15) is 0 Å². The van der Waals surface area contributed by atoms with Gasteiger partial charge in [0.05, 0.1) is 4.91 Å². The Hall–Kier alpha value is -2.51. The van der Waals surface area contributed by atoms with Crippen molar-refractivity contribution >= 4 is 46.2 Å². The molecule has 0 radical (unpaired) electrons. The van der Waals surface area contributed by atoms with E-state index in [1.165, 1.54) is 28.8 Å². The average molecular weight is 362 g/mol. The third kappa shape index (κ3) is 3.22. The SMILES string of the molecule is CN1C(=O)/C(=C/c2ccc(O)c(O)c2)SC1=Nc1cccnc1Cl. The number of amides is 1. The van der Waals surface area contributed by atoms with Crippen LogP contribution in [0.5, 0.6) is 11.5 Å². The number of phenolic OH excluding ortho intramolecular Hbond substituents is 2. The molecule has 2 aromatic rings. The van der Waals surface area contributed by atoms with Gasteiger partial charge in [0.15, 0.2) is 21.8 Å². The molecule has 0 saturated carbocycles. The lowest BCUT2D eigenvalue weighted by Crippen LogP contribution is -2.23. The summed E-state index contributed by atoms with van der Waals surface area (Å²) in [5, 5.41) is 19.6. The van der Waals surface area contributed by atoms with Crippen molar-refractivity contribution in [2.75, 3.05) is 7.05 Å². The molecule has 0 atom stereocenters. The summed E-state index contributed by atoms with van der Waals surface area (Å²) < 4.78 is 0. The molecule has 8 heteroatoms. The molecule has 2 N–H and O–H groups in total. The number of likely N-dealkylation sites (N-methyl/N-ethyl adjacent to an activating group) is 1. The Kier molecular flexibility index (Phi) is 4.46. The van der Waals surface area contributed by atoms with Crippen LogP contribution in [0.4, 0.5) is 5.69 Å². The number of pyridine rings is 1. The van der Waals surface area contributed by atoms with E-state index in [9.17, 15) is 15.0 Å². The first-order valence-electron chi connectivity index (χ1n) is 6.84. The van der Waals surface area contributed by atoms with Gasteiger partial charge in [-0.15, -0.1) is 0 Å². The quantitative estimate of drug-likeness (QED) is 0.486. The summed E-state index contributed by atoms with van der Waals surface area (Å²) in [6.07, 6.45) is 3.18. The van der Waals surface area contributed by atoms with Crippen LogP contribution >= 0.6 is 23.4 Å². The van der Waals surface area contributed by atoms with Gasteiger partial charge in [-0.05, 0) is 47.7 Å². The summed E-state index contributed by atoms with van der Waals surface area (Å²) in [5.41, 5.74) is 1.07. The van der Waals surface area contributed by atoms with E-state index >= 15 is 0 Å². The Morgan fingerprint density at radius 1 is 1.29 bits per heavy atom. The van der Waals surface area contributed by atoms with E-state index in [0.717, 1.165) is 0 Å². The van der Waals surface area contributed by atoms with Gasteiger partial charge in [-0.3, -0.25) is 9.69 Å². The minimum atomic E-state index is -0.246. The van der Waals surface area contributed by atoms with E-state index < -0.39 is 0 Å². The summed E-state index contributed by atoms with van der Waals surface area (Å²) in [4.78, 5) is 22.5. The number of benzene rings is 1. The molecule has 0 bridgehead atoms. The van der Waals surface area contributed by atoms with Crippen LogP contribution in [0.25, 0.3) is 6.08 Å². The van der Waals surface area contributed by atoms with Crippen molar-refractivity contribution in [3.63, 3.8) is 0 Å². The fourth-order valence-electron chi connectivity index (χ4n) is 2.00. The van der Waals surface area contributed by atoms with E-state index in [0.29, 0.717) is 21.3 Å². The summed E-state index contributed by atoms with van der Waals surface area (Å²) in [6, 6.07) is 7.76. The number of carbonyl (C=O) groups excluding carboxylic acids is 1. The summed E-state index contributed by atoms with van der Waals surface area (Å²) in [6.45, 7) is 0. The van der Waals surface area contributed by atoms with Crippen LogP contribution in [0.2, 0.25) is 5.15 Å². The van der Waals surface area contributed by atoms with Crippen molar-refractivity contribution in [1.29, 1.82) is 0 Å². The van der Waals surface area contributed by atoms with Crippen LogP contribution in [0.3, 0.4) is 0 Å². The van der Waals surface area contributed by atoms with Crippen LogP contribution in [0, 0.1) is 0 Å². The molecule has 122 valence electrons. The molecule has 6 nitrogen and oxygen atoms in total. The number of amidine groups is 1. The maximum Gasteiger partial charge on any atom is 0.266 e. The summed E-state index contributed by atoms with van der Waals surface area (Å²) in [7, 11) is 1.62. The molecule has 3 rings (SSSR count). The van der Waals surface area contributed by atoms with Crippen LogP contribution in [-0.2, 0) is 4.79 Å². The highest BCUT2D eigenvalue weighted by molar-refractivity contribution is 8.18. The topological polar surface area (TPSA) is 86.0 Å². The molecule has 1 amide bonds. The molecular formula is C16H12ClN3O3S. The van der Waals surface area contributed by atoms with Crippen LogP contribution < -0.4 is 0 Å². The number of rotatable bonds is 2. The molecular weight excluding hydrogens is 350 g/mol. The molecule has 0 unspecified atom stereocenters. The maximum absolute atomic E-state index is 12.3. The number of halogens is 1. The first-order chi connectivity index (χ1) is 11.5. The highest BCUT2D eigenvalue weighted by Crippen LogP contribution is 2.35.